The van der Waals surface area contributed by atoms with Gasteiger partial charge in [0.25, 0.3) is 0 Å². The van der Waals surface area contributed by atoms with Gasteiger partial charge in [0.1, 0.15) is 0 Å². The molecule has 1 aromatic carbocycles. The van der Waals surface area contributed by atoms with Gasteiger partial charge in [-0.3, -0.25) is 0 Å². The van der Waals surface area contributed by atoms with E-state index in [0.29, 0.717) is 11.5 Å². The Morgan fingerprint density at radius 1 is 1.17 bits per heavy atom. The molecule has 2 unspecified atom stereocenters. The van der Waals surface area contributed by atoms with Crippen LogP contribution in [0.2, 0.25) is 17.3 Å². The second kappa shape index (κ2) is 8.28. The number of para-hydroxylation sites is 1. The molecule has 0 saturated heterocycles. The number of hydrogen-bond donors (Lipinski definition) is 0. The zero-order valence-corrected chi connectivity index (χ0v) is 19.7. The Balaban J connectivity index is 0.00000144. The Morgan fingerprint density at radius 2 is 1.79 bits per heavy atom. The van der Waals surface area contributed by atoms with Gasteiger partial charge in [-0.05, 0) is 0 Å². The number of benzene rings is 1. The fraction of sp³-hybridized carbons (Fsp3) is 0.556. The van der Waals surface area contributed by atoms with Crippen molar-refractivity contribution in [2.75, 3.05) is 11.9 Å². The Kier molecular flexibility index (Phi) is 7.69. The van der Waals surface area contributed by atoms with Crippen LogP contribution >= 0.6 is 0 Å². The average Bonchev–Trinajstić information content (AvgIpc) is 2.95. The van der Waals surface area contributed by atoms with Crippen LogP contribution in [0.1, 0.15) is 38.7 Å². The number of halogens is 2. The van der Waals surface area contributed by atoms with Crippen LogP contribution in [-0.2, 0) is 19.4 Å². The van der Waals surface area contributed by atoms with Gasteiger partial charge in [-0.2, -0.15) is 0 Å². The van der Waals surface area contributed by atoms with E-state index in [1.54, 1.807) is 11.3 Å². The first-order valence-electron chi connectivity index (χ1n) is 8.39. The second-order valence-electron chi connectivity index (χ2n) is 7.87. The molecular weight excluding hydrogens is 391 g/mol. The molecule has 1 heterocycles. The summed E-state index contributed by atoms with van der Waals surface area (Å²) in [7, 11) is 1.51. The molecule has 1 aliphatic heterocycles. The first-order valence-corrected chi connectivity index (χ1v) is 12.8. The molecule has 3 rings (SSSR count). The summed E-state index contributed by atoms with van der Waals surface area (Å²) in [5.74, 6) is 0.658. The van der Waals surface area contributed by atoms with Gasteiger partial charge in [0.2, 0.25) is 0 Å². The number of anilines is 1. The number of hydrogen-bond acceptors (Lipinski definition) is 2. The van der Waals surface area contributed by atoms with Crippen molar-refractivity contribution in [3.63, 3.8) is 0 Å². The maximum Gasteiger partial charge on any atom is -1.00 e. The summed E-state index contributed by atoms with van der Waals surface area (Å²) in [6.45, 7) is 12.2. The Morgan fingerprint density at radius 3 is 2.38 bits per heavy atom. The van der Waals surface area contributed by atoms with Gasteiger partial charge in [-0.1, -0.05) is 0 Å². The summed E-state index contributed by atoms with van der Waals surface area (Å²) in [6.07, 6.45) is 3.95. The van der Waals surface area contributed by atoms with E-state index in [-0.39, 0.29) is 44.2 Å². The van der Waals surface area contributed by atoms with E-state index < -0.39 is 8.96 Å². The summed E-state index contributed by atoms with van der Waals surface area (Å²) in [6, 6.07) is 8.95. The maximum atomic E-state index is 2.90. The van der Waals surface area contributed by atoms with E-state index in [9.17, 15) is 0 Å². The number of likely N-dealkylation sites (N-methyl/N-ethyl adjacent to an activating group) is 1. The van der Waals surface area contributed by atoms with E-state index in [4.69, 9.17) is 0 Å². The van der Waals surface area contributed by atoms with Crippen LogP contribution in [0, 0.1) is 0 Å². The topological polar surface area (TPSA) is 6.48 Å². The number of rotatable bonds is 3. The predicted octanol–water partition coefficient (Wildman–Crippen LogP) is -1.61. The Labute approximate surface area is 170 Å². The van der Waals surface area contributed by atoms with Gasteiger partial charge in [-0.15, -0.1) is 0 Å². The molecule has 1 aromatic rings. The Hall–Kier alpha value is 0.231. The molecule has 1 aliphatic carbocycles. The summed E-state index contributed by atoms with van der Waals surface area (Å²) >= 11 is -0.0753. The standard InChI is InChI=1S/C12H12N.C6H16NSi.2ClH.Ti/c1-13-11-7-3-2-5-9(11)10-6-4-8-12(10)13;1-6(2,3)7-8(4)5;;;/h2-5,7-8,10H,6H2,1H3;8H,1-5H3;2*1H;/q;-1;;;+3/p-2. The van der Waals surface area contributed by atoms with Crippen molar-refractivity contribution in [1.82, 2.24) is 3.05 Å². The summed E-state index contributed by atoms with van der Waals surface area (Å²) in [4.78, 5) is 2.43. The van der Waals surface area contributed by atoms with Gasteiger partial charge in [0.15, 0.2) is 0 Å². The minimum atomic E-state index is -0.735. The van der Waals surface area contributed by atoms with Crippen LogP contribution in [-0.4, -0.2) is 24.6 Å². The normalized spacial score (nSPS) is 21.7. The van der Waals surface area contributed by atoms with Crippen molar-refractivity contribution in [2.45, 2.75) is 56.0 Å². The third kappa shape index (κ3) is 4.13. The number of fused-ring (bicyclic) bond motifs is 3. The van der Waals surface area contributed by atoms with Gasteiger partial charge < -0.3 is 24.8 Å². The second-order valence-corrected chi connectivity index (χ2v) is 13.7. The van der Waals surface area contributed by atoms with Crippen LogP contribution in [0.5, 0.6) is 0 Å². The third-order valence-electron chi connectivity index (χ3n) is 4.82. The molecule has 0 spiro atoms. The van der Waals surface area contributed by atoms with Gasteiger partial charge in [0, 0.05) is 0 Å². The summed E-state index contributed by atoms with van der Waals surface area (Å²) in [5.41, 5.74) is 4.88. The molecule has 0 N–H and O–H groups in total. The molecule has 24 heavy (non-hydrogen) atoms. The molecule has 132 valence electrons. The molecule has 2 nitrogen and oxygen atoms in total. The largest absolute Gasteiger partial charge is 1.00 e. The zero-order valence-electron chi connectivity index (χ0n) is 15.5. The summed E-state index contributed by atoms with van der Waals surface area (Å²) < 4.78 is 3.73. The van der Waals surface area contributed by atoms with Crippen LogP contribution in [0.15, 0.2) is 36.0 Å². The summed E-state index contributed by atoms with van der Waals surface area (Å²) in [5, 5.41) is 0. The fourth-order valence-electron chi connectivity index (χ4n) is 4.01. The van der Waals surface area contributed by atoms with Gasteiger partial charge >= 0.3 is 147 Å². The molecule has 2 aliphatic rings. The van der Waals surface area contributed by atoms with Gasteiger partial charge in [0.05, 0.1) is 0 Å². The van der Waals surface area contributed by atoms with Crippen molar-refractivity contribution < 1.29 is 44.2 Å². The minimum Gasteiger partial charge on any atom is -1.00 e. The van der Waals surface area contributed by atoms with Crippen molar-refractivity contribution in [3.8, 4) is 0 Å². The molecule has 0 bridgehead atoms. The van der Waals surface area contributed by atoms with E-state index in [1.165, 1.54) is 12.1 Å². The molecule has 2 atom stereocenters. The van der Waals surface area contributed by atoms with E-state index >= 15 is 0 Å². The smallest absolute Gasteiger partial charge is 1.00 e. The monoisotopic (exact) mass is 418 g/mol. The molecule has 0 aromatic heterocycles. The first kappa shape index (κ1) is 22.3. The molecule has 6 heteroatoms. The van der Waals surface area contributed by atoms with Crippen LogP contribution in [0.4, 0.5) is 5.69 Å². The van der Waals surface area contributed by atoms with Gasteiger partial charge in [-0.25, -0.2) is 0 Å². The van der Waals surface area contributed by atoms with E-state index in [2.05, 4.69) is 79.2 Å². The molecule has 0 radical (unpaired) electrons. The fourth-order valence-corrected chi connectivity index (χ4v) is 10.1. The minimum absolute atomic E-state index is 0. The maximum absolute atomic E-state index is 2.90. The van der Waals surface area contributed by atoms with Crippen LogP contribution in [0.3, 0.4) is 0 Å². The number of nitrogens with zero attached hydrogens (tertiary/aromatic N) is 2. The molecule has 0 amide bonds. The average molecular weight is 419 g/mol. The van der Waals surface area contributed by atoms with E-state index in [1.807, 2.05) is 0 Å². The predicted molar refractivity (Wildman–Crippen MR) is 94.5 cm³/mol. The van der Waals surface area contributed by atoms with E-state index in [0.717, 1.165) is 4.22 Å². The number of allylic oxidation sites excluding steroid dienone is 2. The third-order valence-corrected chi connectivity index (χ3v) is 12.3. The van der Waals surface area contributed by atoms with Crippen molar-refractivity contribution in [2.24, 2.45) is 0 Å². The van der Waals surface area contributed by atoms with Crippen LogP contribution in [0.25, 0.3) is 0 Å². The quantitative estimate of drug-likeness (QED) is 0.544. The first-order chi connectivity index (χ1) is 10.3. The zero-order chi connectivity index (χ0) is 16.1. The van der Waals surface area contributed by atoms with Crippen molar-refractivity contribution >= 4 is 14.6 Å². The van der Waals surface area contributed by atoms with Crippen molar-refractivity contribution in [3.05, 3.63) is 41.6 Å². The Bertz CT molecular complexity index is 601. The SMILES string of the molecule is CN1C2=C[CH]([Ti+2][N]([SiH](C)C)C(C)(C)C)CC2c2ccccc21.[Cl-].[Cl-]. The van der Waals surface area contributed by atoms with Crippen LogP contribution < -0.4 is 29.7 Å². The molecule has 0 saturated carbocycles. The van der Waals surface area contributed by atoms with Crippen molar-refractivity contribution in [1.29, 1.82) is 0 Å². The molecule has 0 fully saturated rings. The molecular formula is C18H28Cl2N2SiTi.